The molecule has 0 unspecified atom stereocenters. The standard InChI is InChI=1S/C25H24BrN3O/c1-18-11-13-19(14-12-18)17-29-23-9-3-2-8-22(23)28-24(29)10-5-15-27-25(30)20-6-4-7-21(26)16-20/h2-4,6-9,11-14,16H,5,10,15,17H2,1H3,(H,27,30). The zero-order chi connectivity index (χ0) is 20.9. The normalized spacial score (nSPS) is 11.0. The van der Waals surface area contributed by atoms with Crippen LogP contribution < -0.4 is 5.32 Å². The number of halogens is 1. The van der Waals surface area contributed by atoms with Crippen LogP contribution >= 0.6 is 15.9 Å². The van der Waals surface area contributed by atoms with Gasteiger partial charge in [-0.15, -0.1) is 0 Å². The highest BCUT2D eigenvalue weighted by molar-refractivity contribution is 9.10. The predicted molar refractivity (Wildman–Crippen MR) is 125 cm³/mol. The van der Waals surface area contributed by atoms with Crippen molar-refractivity contribution in [2.24, 2.45) is 0 Å². The topological polar surface area (TPSA) is 46.9 Å². The van der Waals surface area contributed by atoms with Crippen LogP contribution in [0.25, 0.3) is 11.0 Å². The van der Waals surface area contributed by atoms with E-state index in [0.717, 1.165) is 40.7 Å². The van der Waals surface area contributed by atoms with Crippen molar-refractivity contribution in [1.29, 1.82) is 0 Å². The molecular weight excluding hydrogens is 438 g/mol. The van der Waals surface area contributed by atoms with Gasteiger partial charge in [0, 0.05) is 29.5 Å². The van der Waals surface area contributed by atoms with E-state index in [1.54, 1.807) is 0 Å². The molecule has 1 N–H and O–H groups in total. The Labute approximate surface area is 185 Å². The zero-order valence-electron chi connectivity index (χ0n) is 16.9. The first-order valence-electron chi connectivity index (χ1n) is 10.1. The second kappa shape index (κ2) is 9.26. The number of nitrogens with zero attached hydrogens (tertiary/aromatic N) is 2. The highest BCUT2D eigenvalue weighted by Crippen LogP contribution is 2.19. The first-order chi connectivity index (χ1) is 14.6. The number of para-hydroxylation sites is 2. The van der Waals surface area contributed by atoms with E-state index in [-0.39, 0.29) is 5.91 Å². The number of hydrogen-bond acceptors (Lipinski definition) is 2. The van der Waals surface area contributed by atoms with Crippen molar-refractivity contribution in [3.63, 3.8) is 0 Å². The van der Waals surface area contributed by atoms with E-state index >= 15 is 0 Å². The molecule has 0 spiro atoms. The Morgan fingerprint density at radius 3 is 2.63 bits per heavy atom. The van der Waals surface area contributed by atoms with Gasteiger partial charge in [0.1, 0.15) is 5.82 Å². The molecule has 1 amide bonds. The number of benzene rings is 3. The number of hydrogen-bond donors (Lipinski definition) is 1. The monoisotopic (exact) mass is 461 g/mol. The molecule has 4 aromatic rings. The Morgan fingerprint density at radius 1 is 1.03 bits per heavy atom. The number of rotatable bonds is 7. The molecule has 0 aliphatic heterocycles. The number of imidazole rings is 1. The van der Waals surface area contributed by atoms with Crippen LogP contribution in [0, 0.1) is 6.92 Å². The molecule has 3 aromatic carbocycles. The van der Waals surface area contributed by atoms with Gasteiger partial charge in [-0.2, -0.15) is 0 Å². The minimum atomic E-state index is -0.0514. The Bertz CT molecular complexity index is 1160. The van der Waals surface area contributed by atoms with Gasteiger partial charge in [0.15, 0.2) is 0 Å². The molecule has 0 saturated carbocycles. The van der Waals surface area contributed by atoms with Gasteiger partial charge in [0.05, 0.1) is 11.0 Å². The largest absolute Gasteiger partial charge is 0.352 e. The van der Waals surface area contributed by atoms with E-state index in [4.69, 9.17) is 4.98 Å². The molecule has 0 radical (unpaired) electrons. The number of nitrogens with one attached hydrogen (secondary N) is 1. The van der Waals surface area contributed by atoms with Crippen LogP contribution in [0.4, 0.5) is 0 Å². The van der Waals surface area contributed by atoms with Gasteiger partial charge in [-0.1, -0.05) is 64.0 Å². The summed E-state index contributed by atoms with van der Waals surface area (Å²) in [5.74, 6) is 0.998. The van der Waals surface area contributed by atoms with Crippen LogP contribution in [0.2, 0.25) is 0 Å². The summed E-state index contributed by atoms with van der Waals surface area (Å²) in [6.45, 7) is 3.50. The van der Waals surface area contributed by atoms with Crippen molar-refractivity contribution >= 4 is 32.9 Å². The summed E-state index contributed by atoms with van der Waals surface area (Å²) in [6.07, 6.45) is 1.64. The van der Waals surface area contributed by atoms with Crippen molar-refractivity contribution in [3.05, 3.63) is 99.8 Å². The van der Waals surface area contributed by atoms with E-state index in [1.165, 1.54) is 11.1 Å². The molecule has 30 heavy (non-hydrogen) atoms. The van der Waals surface area contributed by atoms with Gasteiger partial charge in [0.2, 0.25) is 0 Å². The molecule has 4 nitrogen and oxygen atoms in total. The number of aryl methyl sites for hydroxylation is 2. The number of fused-ring (bicyclic) bond motifs is 1. The molecule has 1 aromatic heterocycles. The fraction of sp³-hybridized carbons (Fsp3) is 0.200. The maximum absolute atomic E-state index is 12.3. The van der Waals surface area contributed by atoms with Crippen molar-refractivity contribution in [1.82, 2.24) is 14.9 Å². The number of aromatic nitrogens is 2. The van der Waals surface area contributed by atoms with Crippen LogP contribution in [0.1, 0.15) is 33.7 Å². The fourth-order valence-corrected chi connectivity index (χ4v) is 3.95. The number of carbonyl (C=O) groups excluding carboxylic acids is 1. The lowest BCUT2D eigenvalue weighted by molar-refractivity contribution is 0.0953. The minimum absolute atomic E-state index is 0.0514. The Morgan fingerprint density at radius 2 is 1.83 bits per heavy atom. The molecule has 0 aliphatic carbocycles. The van der Waals surface area contributed by atoms with Crippen LogP contribution in [-0.4, -0.2) is 22.0 Å². The molecule has 0 saturated heterocycles. The van der Waals surface area contributed by atoms with Crippen molar-refractivity contribution < 1.29 is 4.79 Å². The van der Waals surface area contributed by atoms with Crippen molar-refractivity contribution in [2.45, 2.75) is 26.3 Å². The van der Waals surface area contributed by atoms with Crippen LogP contribution in [0.5, 0.6) is 0 Å². The summed E-state index contributed by atoms with van der Waals surface area (Å²) in [6, 6.07) is 24.3. The fourth-order valence-electron chi connectivity index (χ4n) is 3.55. The summed E-state index contributed by atoms with van der Waals surface area (Å²) >= 11 is 3.41. The molecule has 0 atom stereocenters. The lowest BCUT2D eigenvalue weighted by Gasteiger charge is -2.10. The maximum atomic E-state index is 12.3. The quantitative estimate of drug-likeness (QED) is 0.368. The summed E-state index contributed by atoms with van der Waals surface area (Å²) < 4.78 is 3.19. The first-order valence-corrected chi connectivity index (χ1v) is 10.9. The SMILES string of the molecule is Cc1ccc(Cn2c(CCCNC(=O)c3cccc(Br)c3)nc3ccccc32)cc1. The summed E-state index contributed by atoms with van der Waals surface area (Å²) in [5, 5.41) is 3.01. The van der Waals surface area contributed by atoms with Gasteiger partial charge < -0.3 is 9.88 Å². The van der Waals surface area contributed by atoms with E-state index in [9.17, 15) is 4.79 Å². The molecule has 0 bridgehead atoms. The van der Waals surface area contributed by atoms with Gasteiger partial charge in [-0.25, -0.2) is 4.98 Å². The van der Waals surface area contributed by atoms with E-state index in [2.05, 4.69) is 75.2 Å². The lowest BCUT2D eigenvalue weighted by Crippen LogP contribution is -2.25. The van der Waals surface area contributed by atoms with Gasteiger partial charge in [-0.3, -0.25) is 4.79 Å². The van der Waals surface area contributed by atoms with E-state index in [1.807, 2.05) is 30.3 Å². The average molecular weight is 462 g/mol. The summed E-state index contributed by atoms with van der Waals surface area (Å²) in [7, 11) is 0. The minimum Gasteiger partial charge on any atom is -0.352 e. The molecule has 4 rings (SSSR count). The lowest BCUT2D eigenvalue weighted by atomic mass is 10.1. The molecule has 1 heterocycles. The third-order valence-electron chi connectivity index (χ3n) is 5.14. The number of carbonyl (C=O) groups is 1. The molecular formula is C25H24BrN3O. The Kier molecular flexibility index (Phi) is 6.29. The van der Waals surface area contributed by atoms with Gasteiger partial charge in [-0.05, 0) is 49.2 Å². The maximum Gasteiger partial charge on any atom is 0.251 e. The van der Waals surface area contributed by atoms with Crippen molar-refractivity contribution in [2.75, 3.05) is 6.54 Å². The third kappa shape index (κ3) is 4.79. The first kappa shape index (κ1) is 20.4. The number of amides is 1. The summed E-state index contributed by atoms with van der Waals surface area (Å²) in [5.41, 5.74) is 5.34. The highest BCUT2D eigenvalue weighted by atomic mass is 79.9. The average Bonchev–Trinajstić information content (AvgIpc) is 3.10. The van der Waals surface area contributed by atoms with Crippen LogP contribution in [-0.2, 0) is 13.0 Å². The Balaban J connectivity index is 1.44. The molecule has 0 aliphatic rings. The molecule has 5 heteroatoms. The van der Waals surface area contributed by atoms with E-state index in [0.29, 0.717) is 12.1 Å². The van der Waals surface area contributed by atoms with Crippen LogP contribution in [0.3, 0.4) is 0 Å². The highest BCUT2D eigenvalue weighted by Gasteiger charge is 2.11. The molecule has 0 fully saturated rings. The van der Waals surface area contributed by atoms with Gasteiger partial charge >= 0.3 is 0 Å². The second-order valence-electron chi connectivity index (χ2n) is 7.46. The summed E-state index contributed by atoms with van der Waals surface area (Å²) in [4.78, 5) is 17.2. The van der Waals surface area contributed by atoms with Gasteiger partial charge in [0.25, 0.3) is 5.91 Å². The van der Waals surface area contributed by atoms with Crippen LogP contribution in [0.15, 0.2) is 77.3 Å². The molecule has 152 valence electrons. The third-order valence-corrected chi connectivity index (χ3v) is 5.64. The second-order valence-corrected chi connectivity index (χ2v) is 8.37. The predicted octanol–water partition coefficient (Wildman–Crippen LogP) is 5.52. The Hall–Kier alpha value is -2.92. The van der Waals surface area contributed by atoms with E-state index < -0.39 is 0 Å². The van der Waals surface area contributed by atoms with Crippen molar-refractivity contribution in [3.8, 4) is 0 Å². The zero-order valence-corrected chi connectivity index (χ0v) is 18.5. The smallest absolute Gasteiger partial charge is 0.251 e.